The molecule has 1 N–H and O–H groups in total. The summed E-state index contributed by atoms with van der Waals surface area (Å²) in [5.74, 6) is 4.30. The van der Waals surface area contributed by atoms with Crippen LogP contribution in [0.5, 0.6) is 0 Å². The molecule has 2 aliphatic rings. The highest BCUT2D eigenvalue weighted by atomic mass is 16.2. The molecule has 0 saturated carbocycles. The molecule has 0 aromatic heterocycles. The van der Waals surface area contributed by atoms with Crippen molar-refractivity contribution in [2.24, 2.45) is 11.8 Å². The van der Waals surface area contributed by atoms with Gasteiger partial charge < -0.3 is 5.32 Å². The molecule has 2 rings (SSSR count). The van der Waals surface area contributed by atoms with Gasteiger partial charge in [0.15, 0.2) is 0 Å². The van der Waals surface area contributed by atoms with Crippen LogP contribution in [0.2, 0.25) is 0 Å². The summed E-state index contributed by atoms with van der Waals surface area (Å²) in [6.45, 7) is 13.6. The summed E-state index contributed by atoms with van der Waals surface area (Å²) in [6, 6.07) is -0.0511. The van der Waals surface area contributed by atoms with E-state index in [1.165, 1.54) is 6.42 Å². The van der Waals surface area contributed by atoms with Gasteiger partial charge in [0.25, 0.3) is 0 Å². The Kier molecular flexibility index (Phi) is 6.71. The number of nitrogens with zero attached hydrogens (tertiary/aromatic N) is 2. The monoisotopic (exact) mass is 333 g/mol. The number of terminal acetylenes is 1. The molecular weight excluding hydrogens is 298 g/mol. The molecule has 0 aromatic rings. The fourth-order valence-corrected chi connectivity index (χ4v) is 4.28. The molecule has 0 bridgehead atoms. The summed E-state index contributed by atoms with van der Waals surface area (Å²) in [5.41, 5.74) is -0.00971. The Bertz CT molecular complexity index is 458. The van der Waals surface area contributed by atoms with E-state index in [-0.39, 0.29) is 17.5 Å². The molecule has 24 heavy (non-hydrogen) atoms. The number of carbonyl (C=O) groups is 1. The SMILES string of the molecule is C#CCN1CCCCC1C(=O)NCC(C)(C)N1CC(C)CC(C)C1. The number of amides is 1. The third kappa shape index (κ3) is 4.97. The van der Waals surface area contributed by atoms with E-state index in [1.807, 2.05) is 0 Å². The molecule has 4 nitrogen and oxygen atoms in total. The van der Waals surface area contributed by atoms with E-state index in [2.05, 4.69) is 48.7 Å². The molecule has 1 amide bonds. The molecule has 2 heterocycles. The van der Waals surface area contributed by atoms with Crippen molar-refractivity contribution in [3.8, 4) is 12.3 Å². The van der Waals surface area contributed by atoms with Crippen molar-refractivity contribution in [1.29, 1.82) is 0 Å². The predicted molar refractivity (Wildman–Crippen MR) is 99.7 cm³/mol. The topological polar surface area (TPSA) is 35.6 Å². The summed E-state index contributed by atoms with van der Waals surface area (Å²) < 4.78 is 0. The van der Waals surface area contributed by atoms with Crippen molar-refractivity contribution in [3.63, 3.8) is 0 Å². The van der Waals surface area contributed by atoms with Gasteiger partial charge in [-0.3, -0.25) is 14.6 Å². The highest BCUT2D eigenvalue weighted by Gasteiger charge is 2.34. The third-order valence-electron chi connectivity index (χ3n) is 5.63. The van der Waals surface area contributed by atoms with E-state index in [0.717, 1.165) is 50.7 Å². The van der Waals surface area contributed by atoms with E-state index < -0.39 is 0 Å². The smallest absolute Gasteiger partial charge is 0.237 e. The number of hydrogen-bond donors (Lipinski definition) is 1. The highest BCUT2D eigenvalue weighted by Crippen LogP contribution is 2.27. The second-order valence-corrected chi connectivity index (χ2v) is 8.57. The summed E-state index contributed by atoms with van der Waals surface area (Å²) in [5, 5.41) is 3.22. The van der Waals surface area contributed by atoms with Crippen LogP contribution in [0.25, 0.3) is 0 Å². The molecule has 2 fully saturated rings. The zero-order chi connectivity index (χ0) is 17.7. The number of nitrogens with one attached hydrogen (secondary N) is 1. The Morgan fingerprint density at radius 1 is 1.25 bits per heavy atom. The van der Waals surface area contributed by atoms with Crippen LogP contribution in [0.1, 0.15) is 53.4 Å². The minimum Gasteiger partial charge on any atom is -0.353 e. The lowest BCUT2D eigenvalue weighted by atomic mass is 9.88. The third-order valence-corrected chi connectivity index (χ3v) is 5.63. The van der Waals surface area contributed by atoms with Gasteiger partial charge in [-0.05, 0) is 51.5 Å². The molecule has 4 heteroatoms. The van der Waals surface area contributed by atoms with Crippen molar-refractivity contribution in [1.82, 2.24) is 15.1 Å². The second kappa shape index (κ2) is 8.36. The predicted octanol–water partition coefficient (Wildman–Crippen LogP) is 2.35. The van der Waals surface area contributed by atoms with E-state index in [9.17, 15) is 4.79 Å². The van der Waals surface area contributed by atoms with E-state index in [1.54, 1.807) is 0 Å². The average molecular weight is 334 g/mol. The number of likely N-dealkylation sites (tertiary alicyclic amines) is 2. The fraction of sp³-hybridized carbons (Fsp3) is 0.850. The first kappa shape index (κ1) is 19.3. The van der Waals surface area contributed by atoms with Crippen molar-refractivity contribution in [3.05, 3.63) is 0 Å². The lowest BCUT2D eigenvalue weighted by Crippen LogP contribution is -2.58. The van der Waals surface area contributed by atoms with E-state index in [4.69, 9.17) is 6.42 Å². The van der Waals surface area contributed by atoms with Gasteiger partial charge in [-0.25, -0.2) is 0 Å². The Hall–Kier alpha value is -1.05. The Morgan fingerprint density at radius 3 is 2.54 bits per heavy atom. The van der Waals surface area contributed by atoms with Crippen molar-refractivity contribution >= 4 is 5.91 Å². The number of piperidine rings is 2. The van der Waals surface area contributed by atoms with Crippen molar-refractivity contribution in [2.45, 2.75) is 65.0 Å². The molecule has 0 spiro atoms. The van der Waals surface area contributed by atoms with Gasteiger partial charge in [0, 0.05) is 25.2 Å². The molecule has 2 saturated heterocycles. The molecule has 0 aromatic carbocycles. The molecule has 136 valence electrons. The Balaban J connectivity index is 1.90. The van der Waals surface area contributed by atoms with Crippen LogP contribution in [0.15, 0.2) is 0 Å². The first-order chi connectivity index (χ1) is 11.3. The van der Waals surface area contributed by atoms with Gasteiger partial charge >= 0.3 is 0 Å². The number of rotatable bonds is 5. The van der Waals surface area contributed by atoms with Crippen LogP contribution in [0.3, 0.4) is 0 Å². The molecular formula is C20H35N3O. The average Bonchev–Trinajstić information content (AvgIpc) is 2.52. The molecule has 0 radical (unpaired) electrons. The maximum atomic E-state index is 12.7. The van der Waals surface area contributed by atoms with Crippen LogP contribution < -0.4 is 5.32 Å². The maximum absolute atomic E-state index is 12.7. The lowest BCUT2D eigenvalue weighted by Gasteiger charge is -2.45. The summed E-state index contributed by atoms with van der Waals surface area (Å²) in [6.07, 6.45) is 9.94. The minimum absolute atomic E-state index is 0.00971. The fourth-order valence-electron chi connectivity index (χ4n) is 4.28. The van der Waals surface area contributed by atoms with Crippen LogP contribution in [-0.4, -0.2) is 60.0 Å². The van der Waals surface area contributed by atoms with Gasteiger partial charge in [0.05, 0.1) is 12.6 Å². The number of hydrogen-bond acceptors (Lipinski definition) is 3. The molecule has 2 aliphatic heterocycles. The van der Waals surface area contributed by atoms with Gasteiger partial charge in [0.2, 0.25) is 5.91 Å². The van der Waals surface area contributed by atoms with E-state index in [0.29, 0.717) is 13.1 Å². The van der Waals surface area contributed by atoms with Crippen LogP contribution in [0.4, 0.5) is 0 Å². The zero-order valence-corrected chi connectivity index (χ0v) is 16.0. The van der Waals surface area contributed by atoms with Gasteiger partial charge in [0.1, 0.15) is 0 Å². The first-order valence-corrected chi connectivity index (χ1v) is 9.53. The Labute approximate surface area is 148 Å². The van der Waals surface area contributed by atoms with Crippen LogP contribution >= 0.6 is 0 Å². The molecule has 3 unspecified atom stereocenters. The largest absolute Gasteiger partial charge is 0.353 e. The quantitative estimate of drug-likeness (QED) is 0.785. The lowest BCUT2D eigenvalue weighted by molar-refractivity contribution is -0.128. The summed E-state index contributed by atoms with van der Waals surface area (Å²) in [7, 11) is 0. The normalized spacial score (nSPS) is 29.9. The van der Waals surface area contributed by atoms with E-state index >= 15 is 0 Å². The molecule has 3 atom stereocenters. The van der Waals surface area contributed by atoms with Crippen molar-refractivity contribution < 1.29 is 4.79 Å². The highest BCUT2D eigenvalue weighted by molar-refractivity contribution is 5.82. The first-order valence-electron chi connectivity index (χ1n) is 9.53. The van der Waals surface area contributed by atoms with Crippen LogP contribution in [-0.2, 0) is 4.79 Å². The van der Waals surface area contributed by atoms with Crippen LogP contribution in [0, 0.1) is 24.2 Å². The Morgan fingerprint density at radius 2 is 1.92 bits per heavy atom. The summed E-state index contributed by atoms with van der Waals surface area (Å²) in [4.78, 5) is 17.4. The van der Waals surface area contributed by atoms with Gasteiger partial charge in [-0.2, -0.15) is 0 Å². The zero-order valence-electron chi connectivity index (χ0n) is 16.0. The van der Waals surface area contributed by atoms with Gasteiger partial charge in [-0.15, -0.1) is 6.42 Å². The van der Waals surface area contributed by atoms with Crippen molar-refractivity contribution in [2.75, 3.05) is 32.7 Å². The maximum Gasteiger partial charge on any atom is 0.237 e. The molecule has 0 aliphatic carbocycles. The summed E-state index contributed by atoms with van der Waals surface area (Å²) >= 11 is 0. The standard InChI is InChI=1S/C20H35N3O/c1-6-10-22-11-8-7-9-18(22)19(24)21-15-20(4,5)23-13-16(2)12-17(3)14-23/h1,16-18H,7-15H2,2-5H3,(H,21,24). The minimum atomic E-state index is -0.0511. The van der Waals surface area contributed by atoms with Gasteiger partial charge in [-0.1, -0.05) is 26.2 Å². The number of carbonyl (C=O) groups excluding carboxylic acids is 1. The second-order valence-electron chi connectivity index (χ2n) is 8.57.